The second-order valence-corrected chi connectivity index (χ2v) is 8.62. The highest BCUT2D eigenvalue weighted by Crippen LogP contribution is 2.40. The van der Waals surface area contributed by atoms with Gasteiger partial charge in [0, 0.05) is 12.2 Å². The molecule has 7 nitrogen and oxygen atoms in total. The van der Waals surface area contributed by atoms with Crippen molar-refractivity contribution in [2.75, 3.05) is 7.11 Å². The van der Waals surface area contributed by atoms with Gasteiger partial charge in [-0.05, 0) is 67.8 Å². The number of nitrogens with zero attached hydrogens (tertiary/aromatic N) is 1. The zero-order chi connectivity index (χ0) is 25.9. The third-order valence-corrected chi connectivity index (χ3v) is 5.88. The van der Waals surface area contributed by atoms with Crippen molar-refractivity contribution in [1.82, 2.24) is 15.6 Å². The van der Waals surface area contributed by atoms with E-state index >= 15 is 0 Å². The average Bonchev–Trinajstić information content (AvgIpc) is 3.63. The summed E-state index contributed by atoms with van der Waals surface area (Å²) in [5.41, 5.74) is 0.129. The molecule has 3 N–H and O–H groups in total. The van der Waals surface area contributed by atoms with Gasteiger partial charge in [-0.1, -0.05) is 18.2 Å². The summed E-state index contributed by atoms with van der Waals surface area (Å²) in [6.07, 6.45) is -4.52. The van der Waals surface area contributed by atoms with Crippen LogP contribution in [0.15, 0.2) is 60.7 Å². The van der Waals surface area contributed by atoms with Crippen LogP contribution in [-0.2, 0) is 17.5 Å². The molecule has 4 rings (SSSR count). The van der Waals surface area contributed by atoms with E-state index in [0.717, 1.165) is 17.3 Å². The summed E-state index contributed by atoms with van der Waals surface area (Å²) in [7, 11) is 1.29. The van der Waals surface area contributed by atoms with Gasteiger partial charge in [0.05, 0.1) is 12.8 Å². The minimum absolute atomic E-state index is 0.0753. The number of aliphatic hydroxyl groups excluding tert-OH is 1. The van der Waals surface area contributed by atoms with Crippen LogP contribution in [0.5, 0.6) is 17.2 Å². The Hall–Kier alpha value is -3.63. The highest BCUT2D eigenvalue weighted by Gasteiger charge is 2.51. The fraction of sp³-hybridized carbons (Fsp3) is 0.308. The predicted molar refractivity (Wildman–Crippen MR) is 125 cm³/mol. The van der Waals surface area contributed by atoms with E-state index in [0.29, 0.717) is 18.5 Å². The lowest BCUT2D eigenvalue weighted by Gasteiger charge is -2.21. The molecule has 1 aromatic heterocycles. The number of aliphatic hydroxyl groups is 1. The molecule has 0 spiro atoms. The van der Waals surface area contributed by atoms with Crippen molar-refractivity contribution in [2.24, 2.45) is 0 Å². The van der Waals surface area contributed by atoms with Gasteiger partial charge in [0.15, 0.2) is 0 Å². The number of carbonyl (C=O) groups is 1. The molecule has 0 aliphatic heterocycles. The number of methoxy groups -OCH3 is 1. The molecule has 1 saturated carbocycles. The van der Waals surface area contributed by atoms with Gasteiger partial charge in [-0.25, -0.2) is 0 Å². The Bertz CT molecular complexity index is 1230. The highest BCUT2D eigenvalue weighted by atomic mass is 19.4. The number of pyridine rings is 1. The van der Waals surface area contributed by atoms with E-state index in [9.17, 15) is 23.1 Å². The van der Waals surface area contributed by atoms with E-state index < -0.39 is 23.5 Å². The lowest BCUT2D eigenvalue weighted by atomic mass is 10.1. The third kappa shape index (κ3) is 5.95. The monoisotopic (exact) mass is 501 g/mol. The largest absolute Gasteiger partial charge is 0.497 e. The predicted octanol–water partition coefficient (Wildman–Crippen LogP) is 4.64. The smallest absolute Gasteiger partial charge is 0.420 e. The Kier molecular flexibility index (Phi) is 7.18. The van der Waals surface area contributed by atoms with Crippen molar-refractivity contribution in [3.63, 3.8) is 0 Å². The molecular weight excluding hydrogens is 475 g/mol. The summed E-state index contributed by atoms with van der Waals surface area (Å²) in [5.74, 6) is -0.295. The Morgan fingerprint density at radius 3 is 2.42 bits per heavy atom. The number of carbonyl (C=O) groups excluding carboxylic acids is 1. The lowest BCUT2D eigenvalue weighted by Crippen LogP contribution is -2.47. The van der Waals surface area contributed by atoms with Gasteiger partial charge >= 0.3 is 6.18 Å². The van der Waals surface area contributed by atoms with Crippen LogP contribution in [0.1, 0.15) is 41.6 Å². The number of aromatic nitrogens is 1. The number of ether oxygens (including phenoxy) is 2. The number of alkyl halides is 3. The second-order valence-electron chi connectivity index (χ2n) is 8.62. The van der Waals surface area contributed by atoms with E-state index in [1.54, 1.807) is 24.3 Å². The van der Waals surface area contributed by atoms with Crippen molar-refractivity contribution in [1.29, 1.82) is 0 Å². The number of rotatable bonds is 9. The van der Waals surface area contributed by atoms with Gasteiger partial charge in [0.2, 0.25) is 5.91 Å². The normalized spacial score (nSPS) is 15.2. The van der Waals surface area contributed by atoms with Crippen LogP contribution in [0.4, 0.5) is 13.2 Å². The first-order valence-electron chi connectivity index (χ1n) is 11.3. The number of aryl methyl sites for hydroxylation is 1. The van der Waals surface area contributed by atoms with Gasteiger partial charge in [0.25, 0.3) is 0 Å². The van der Waals surface area contributed by atoms with Crippen LogP contribution >= 0.6 is 0 Å². The van der Waals surface area contributed by atoms with E-state index in [1.807, 2.05) is 13.0 Å². The number of hydrogen-bond donors (Lipinski definition) is 3. The fourth-order valence-electron chi connectivity index (χ4n) is 3.71. The molecule has 1 aliphatic rings. The first kappa shape index (κ1) is 25.5. The highest BCUT2D eigenvalue weighted by molar-refractivity contribution is 5.89. The maximum Gasteiger partial charge on any atom is 0.420 e. The Balaban J connectivity index is 1.35. The number of benzene rings is 2. The minimum Gasteiger partial charge on any atom is -0.497 e. The van der Waals surface area contributed by atoms with Gasteiger partial charge in [-0.15, -0.1) is 0 Å². The molecule has 1 unspecified atom stereocenters. The molecule has 0 saturated heterocycles. The zero-order valence-electron chi connectivity index (χ0n) is 19.7. The quantitative estimate of drug-likeness (QED) is 0.370. The molecule has 36 heavy (non-hydrogen) atoms. The Morgan fingerprint density at radius 1 is 1.11 bits per heavy atom. The summed E-state index contributed by atoms with van der Waals surface area (Å²) in [5, 5.41) is 16.3. The molecular formula is C26H26F3N3O4. The molecule has 0 radical (unpaired) electrons. The minimum atomic E-state index is -4.61. The average molecular weight is 502 g/mol. The lowest BCUT2D eigenvalue weighted by molar-refractivity contribution is -0.138. The van der Waals surface area contributed by atoms with Crippen LogP contribution in [0.2, 0.25) is 0 Å². The summed E-state index contributed by atoms with van der Waals surface area (Å²) in [6.45, 7) is 2.02. The van der Waals surface area contributed by atoms with Crippen molar-refractivity contribution in [2.45, 2.75) is 44.3 Å². The number of amides is 1. The molecule has 10 heteroatoms. The molecule has 2 aromatic carbocycles. The Labute approximate surface area is 206 Å². The maximum absolute atomic E-state index is 13.4. The van der Waals surface area contributed by atoms with Crippen molar-refractivity contribution >= 4 is 5.91 Å². The summed E-state index contributed by atoms with van der Waals surface area (Å²) < 4.78 is 50.6. The summed E-state index contributed by atoms with van der Waals surface area (Å²) in [6, 6.07) is 15.1. The zero-order valence-corrected chi connectivity index (χ0v) is 19.7. The van der Waals surface area contributed by atoms with E-state index in [-0.39, 0.29) is 29.7 Å². The van der Waals surface area contributed by atoms with Gasteiger partial charge in [0.1, 0.15) is 34.6 Å². The van der Waals surface area contributed by atoms with E-state index in [1.165, 1.54) is 31.4 Å². The first-order valence-corrected chi connectivity index (χ1v) is 11.3. The summed E-state index contributed by atoms with van der Waals surface area (Å²) >= 11 is 0. The van der Waals surface area contributed by atoms with E-state index in [2.05, 4.69) is 15.6 Å². The number of halogens is 3. The molecule has 1 aliphatic carbocycles. The second kappa shape index (κ2) is 10.2. The van der Waals surface area contributed by atoms with Crippen LogP contribution in [0.3, 0.4) is 0 Å². The fourth-order valence-corrected chi connectivity index (χ4v) is 3.71. The standard InChI is InChI=1S/C26H26F3N3O4/c1-16-4-3-5-21(31-16)23(33)32-25(12-13-25)24(34)30-15-17-6-8-18(9-7-17)36-22-11-10-19(35-2)14-20(22)26(27,28)29/h3-11,14,23,32-33H,12-13,15H2,1-2H3,(H,30,34). The SMILES string of the molecule is COc1ccc(Oc2ccc(CNC(=O)C3(NC(O)c4cccc(C)n4)CC3)cc2)c(C(F)(F)F)c1. The van der Waals surface area contributed by atoms with Crippen LogP contribution in [-0.4, -0.2) is 28.6 Å². The van der Waals surface area contributed by atoms with Crippen LogP contribution in [0, 0.1) is 6.92 Å². The molecule has 1 atom stereocenters. The molecule has 1 amide bonds. The number of nitrogens with one attached hydrogen (secondary N) is 2. The van der Waals surface area contributed by atoms with Gasteiger partial charge in [-0.3, -0.25) is 15.1 Å². The molecule has 3 aromatic rings. The van der Waals surface area contributed by atoms with E-state index in [4.69, 9.17) is 9.47 Å². The van der Waals surface area contributed by atoms with Crippen molar-refractivity contribution in [3.8, 4) is 17.2 Å². The van der Waals surface area contributed by atoms with Crippen molar-refractivity contribution in [3.05, 3.63) is 83.2 Å². The number of hydrogen-bond acceptors (Lipinski definition) is 6. The first-order chi connectivity index (χ1) is 17.1. The van der Waals surface area contributed by atoms with Gasteiger partial charge in [-0.2, -0.15) is 13.2 Å². The van der Waals surface area contributed by atoms with Crippen LogP contribution < -0.4 is 20.1 Å². The van der Waals surface area contributed by atoms with Crippen LogP contribution in [0.25, 0.3) is 0 Å². The summed E-state index contributed by atoms with van der Waals surface area (Å²) in [4.78, 5) is 17.1. The molecule has 1 fully saturated rings. The topological polar surface area (TPSA) is 92.7 Å². The third-order valence-electron chi connectivity index (χ3n) is 5.88. The molecule has 190 valence electrons. The van der Waals surface area contributed by atoms with Gasteiger partial charge < -0.3 is 19.9 Å². The molecule has 1 heterocycles. The maximum atomic E-state index is 13.4. The molecule has 0 bridgehead atoms. The van der Waals surface area contributed by atoms with Crippen molar-refractivity contribution < 1.29 is 32.5 Å². The Morgan fingerprint density at radius 2 is 1.81 bits per heavy atom.